The number of aliphatic hydroxyl groups is 1. The Morgan fingerprint density at radius 2 is 1.89 bits per heavy atom. The number of hydrogen-bond donors (Lipinski definition) is 1. The standard InChI is InChI=1S/C26H30N2O7/c1-5-12-33-20-13-16(6-8-18(20)32-4)23-22(25(30)26(31)28(23)11-10-27(2)3)24(29)17-7-9-19-21(14-17)35-15-34-19/h6-9,13-14,23,29H,5,10-12,15H2,1-4H3/b24-22+. The van der Waals surface area contributed by atoms with Crippen LogP contribution in [0.3, 0.4) is 0 Å². The molecule has 1 unspecified atom stereocenters. The minimum atomic E-state index is -0.796. The predicted octanol–water partition coefficient (Wildman–Crippen LogP) is 3.20. The van der Waals surface area contributed by atoms with Gasteiger partial charge in [-0.05, 0) is 56.4 Å². The Balaban J connectivity index is 1.84. The van der Waals surface area contributed by atoms with Crippen LogP contribution in [-0.2, 0) is 9.59 Å². The third-order valence-electron chi connectivity index (χ3n) is 5.94. The maximum atomic E-state index is 13.2. The van der Waals surface area contributed by atoms with Gasteiger partial charge >= 0.3 is 0 Å². The van der Waals surface area contributed by atoms with Crippen molar-refractivity contribution in [1.82, 2.24) is 9.80 Å². The Labute approximate surface area is 204 Å². The molecule has 1 N–H and O–H groups in total. The van der Waals surface area contributed by atoms with E-state index in [1.807, 2.05) is 25.9 Å². The highest BCUT2D eigenvalue weighted by Crippen LogP contribution is 2.43. The quantitative estimate of drug-likeness (QED) is 0.331. The number of carbonyl (C=O) groups excluding carboxylic acids is 2. The van der Waals surface area contributed by atoms with E-state index >= 15 is 0 Å². The Morgan fingerprint density at radius 3 is 2.60 bits per heavy atom. The Morgan fingerprint density at radius 1 is 1.11 bits per heavy atom. The first-order valence-corrected chi connectivity index (χ1v) is 11.5. The number of rotatable bonds is 9. The number of nitrogens with zero attached hydrogens (tertiary/aromatic N) is 2. The van der Waals surface area contributed by atoms with E-state index in [4.69, 9.17) is 18.9 Å². The summed E-state index contributed by atoms with van der Waals surface area (Å²) in [7, 11) is 5.33. The zero-order chi connectivity index (χ0) is 25.1. The normalized spacial score (nSPS) is 18.4. The summed E-state index contributed by atoms with van der Waals surface area (Å²) in [5.41, 5.74) is 1.01. The number of ketones is 1. The molecule has 2 aromatic rings. The van der Waals surface area contributed by atoms with E-state index in [1.165, 1.54) is 4.90 Å². The number of ether oxygens (including phenoxy) is 4. The summed E-state index contributed by atoms with van der Waals surface area (Å²) in [6.45, 7) is 3.41. The maximum absolute atomic E-state index is 13.2. The fourth-order valence-electron chi connectivity index (χ4n) is 4.15. The number of methoxy groups -OCH3 is 1. The van der Waals surface area contributed by atoms with Gasteiger partial charge in [-0.2, -0.15) is 0 Å². The van der Waals surface area contributed by atoms with Crippen molar-refractivity contribution in [2.75, 3.05) is 47.7 Å². The molecule has 0 saturated carbocycles. The van der Waals surface area contributed by atoms with Crippen LogP contribution >= 0.6 is 0 Å². The molecule has 1 saturated heterocycles. The molecule has 1 amide bonds. The van der Waals surface area contributed by atoms with Gasteiger partial charge in [0.2, 0.25) is 6.79 Å². The van der Waals surface area contributed by atoms with Gasteiger partial charge in [-0.1, -0.05) is 13.0 Å². The molecule has 4 rings (SSSR count). The van der Waals surface area contributed by atoms with Crippen molar-refractivity contribution in [3.8, 4) is 23.0 Å². The van der Waals surface area contributed by atoms with Gasteiger partial charge in [-0.15, -0.1) is 0 Å². The van der Waals surface area contributed by atoms with Gasteiger partial charge in [0.25, 0.3) is 11.7 Å². The largest absolute Gasteiger partial charge is 0.507 e. The van der Waals surface area contributed by atoms with Crippen LogP contribution in [0, 0.1) is 0 Å². The average molecular weight is 483 g/mol. The van der Waals surface area contributed by atoms with Gasteiger partial charge < -0.3 is 33.9 Å². The molecular weight excluding hydrogens is 452 g/mol. The molecule has 35 heavy (non-hydrogen) atoms. The molecule has 9 nitrogen and oxygen atoms in total. The summed E-state index contributed by atoms with van der Waals surface area (Å²) in [5.74, 6) is 0.397. The zero-order valence-corrected chi connectivity index (χ0v) is 20.4. The topological polar surface area (TPSA) is 97.8 Å². The van der Waals surface area contributed by atoms with Crippen LogP contribution in [0.2, 0.25) is 0 Å². The average Bonchev–Trinajstić information content (AvgIpc) is 3.42. The van der Waals surface area contributed by atoms with E-state index in [1.54, 1.807) is 43.5 Å². The van der Waals surface area contributed by atoms with Crippen molar-refractivity contribution in [2.45, 2.75) is 19.4 Å². The van der Waals surface area contributed by atoms with E-state index in [2.05, 4.69) is 0 Å². The molecule has 186 valence electrons. The van der Waals surface area contributed by atoms with Gasteiger partial charge in [-0.25, -0.2) is 0 Å². The van der Waals surface area contributed by atoms with Gasteiger partial charge in [-0.3, -0.25) is 9.59 Å². The molecule has 0 radical (unpaired) electrons. The first-order valence-electron chi connectivity index (χ1n) is 11.5. The highest BCUT2D eigenvalue weighted by Gasteiger charge is 2.46. The maximum Gasteiger partial charge on any atom is 0.295 e. The summed E-state index contributed by atoms with van der Waals surface area (Å²) < 4.78 is 22.1. The van der Waals surface area contributed by atoms with Crippen molar-refractivity contribution in [3.05, 3.63) is 53.1 Å². The Bertz CT molecular complexity index is 1160. The lowest BCUT2D eigenvalue weighted by Gasteiger charge is -2.27. The van der Waals surface area contributed by atoms with Crippen LogP contribution in [0.1, 0.15) is 30.5 Å². The van der Waals surface area contributed by atoms with Gasteiger partial charge in [0.1, 0.15) is 5.76 Å². The molecule has 9 heteroatoms. The van der Waals surface area contributed by atoms with Crippen LogP contribution in [0.4, 0.5) is 0 Å². The molecule has 1 atom stereocenters. The van der Waals surface area contributed by atoms with Crippen molar-refractivity contribution < 1.29 is 33.6 Å². The second kappa shape index (κ2) is 10.3. The molecule has 2 heterocycles. The fraction of sp³-hybridized carbons (Fsp3) is 0.385. The number of hydrogen-bond acceptors (Lipinski definition) is 8. The third kappa shape index (κ3) is 4.77. The molecule has 2 aliphatic heterocycles. The van der Waals surface area contributed by atoms with E-state index in [-0.39, 0.29) is 18.1 Å². The predicted molar refractivity (Wildman–Crippen MR) is 129 cm³/mol. The molecule has 0 aromatic heterocycles. The van der Waals surface area contributed by atoms with Gasteiger partial charge in [0.05, 0.1) is 25.3 Å². The summed E-state index contributed by atoms with van der Waals surface area (Å²) in [4.78, 5) is 29.8. The third-order valence-corrected chi connectivity index (χ3v) is 5.94. The fourth-order valence-corrected chi connectivity index (χ4v) is 4.15. The number of aliphatic hydroxyl groups excluding tert-OH is 1. The lowest BCUT2D eigenvalue weighted by molar-refractivity contribution is -0.140. The van der Waals surface area contributed by atoms with E-state index in [0.717, 1.165) is 6.42 Å². The first-order chi connectivity index (χ1) is 16.8. The SMILES string of the molecule is CCCOc1cc(C2/C(=C(\O)c3ccc4c(c3)OCO4)C(=O)C(=O)N2CCN(C)C)ccc1OC. The second-order valence-corrected chi connectivity index (χ2v) is 8.62. The van der Waals surface area contributed by atoms with Crippen LogP contribution < -0.4 is 18.9 Å². The van der Waals surface area contributed by atoms with E-state index < -0.39 is 17.7 Å². The number of amides is 1. The first kappa shape index (κ1) is 24.4. The van der Waals surface area contributed by atoms with Gasteiger partial charge in [0, 0.05) is 18.7 Å². The molecule has 0 bridgehead atoms. The minimum Gasteiger partial charge on any atom is -0.507 e. The molecule has 1 fully saturated rings. The van der Waals surface area contributed by atoms with Crippen molar-refractivity contribution in [3.63, 3.8) is 0 Å². The lowest BCUT2D eigenvalue weighted by Crippen LogP contribution is -2.35. The minimum absolute atomic E-state index is 0.0132. The highest BCUT2D eigenvalue weighted by molar-refractivity contribution is 6.46. The lowest BCUT2D eigenvalue weighted by atomic mass is 9.95. The van der Waals surface area contributed by atoms with Crippen LogP contribution in [-0.4, -0.2) is 74.3 Å². The number of likely N-dealkylation sites (N-methyl/N-ethyl adjacent to an activating group) is 1. The smallest absolute Gasteiger partial charge is 0.295 e. The monoisotopic (exact) mass is 482 g/mol. The van der Waals surface area contributed by atoms with Crippen molar-refractivity contribution >= 4 is 17.4 Å². The highest BCUT2D eigenvalue weighted by atomic mass is 16.7. The molecule has 0 spiro atoms. The summed E-state index contributed by atoms with van der Waals surface area (Å²) in [6, 6.07) is 9.40. The van der Waals surface area contributed by atoms with E-state index in [0.29, 0.717) is 53.8 Å². The van der Waals surface area contributed by atoms with Gasteiger partial charge in [0.15, 0.2) is 23.0 Å². The number of benzene rings is 2. The van der Waals surface area contributed by atoms with Crippen LogP contribution in [0.15, 0.2) is 42.0 Å². The number of fused-ring (bicyclic) bond motifs is 1. The molecule has 2 aromatic carbocycles. The van der Waals surface area contributed by atoms with Crippen LogP contribution in [0.25, 0.3) is 5.76 Å². The number of carbonyl (C=O) groups is 2. The second-order valence-electron chi connectivity index (χ2n) is 8.62. The zero-order valence-electron chi connectivity index (χ0n) is 20.4. The number of likely N-dealkylation sites (tertiary alicyclic amines) is 1. The summed E-state index contributed by atoms with van der Waals surface area (Å²) in [5, 5.41) is 11.3. The van der Waals surface area contributed by atoms with Crippen molar-refractivity contribution in [2.24, 2.45) is 0 Å². The summed E-state index contributed by atoms with van der Waals surface area (Å²) in [6.07, 6.45) is 0.804. The Hall–Kier alpha value is -3.72. The van der Waals surface area contributed by atoms with Crippen molar-refractivity contribution in [1.29, 1.82) is 0 Å². The Kier molecular flexibility index (Phi) is 7.16. The van der Waals surface area contributed by atoms with E-state index in [9.17, 15) is 14.7 Å². The molecule has 2 aliphatic rings. The summed E-state index contributed by atoms with van der Waals surface area (Å²) >= 11 is 0. The molecular formula is C26H30N2O7. The van der Waals surface area contributed by atoms with Crippen LogP contribution in [0.5, 0.6) is 23.0 Å². The number of Topliss-reactive ketones (excluding diaryl/α,β-unsaturated/α-hetero) is 1. The molecule has 0 aliphatic carbocycles.